The average Bonchev–Trinajstić information content (AvgIpc) is 2.54. The molecule has 0 aromatic carbocycles. The van der Waals surface area contributed by atoms with Crippen LogP contribution in [-0.2, 0) is 0 Å². The molecule has 1 heterocycles. The van der Waals surface area contributed by atoms with E-state index in [4.69, 9.17) is 0 Å². The number of hydrogen-bond acceptors (Lipinski definition) is 1. The predicted octanol–water partition coefficient (Wildman–Crippen LogP) is 6.71. The summed E-state index contributed by atoms with van der Waals surface area (Å²) < 4.78 is 0. The number of rotatable bonds is 9. The Morgan fingerprint density at radius 1 is 0.870 bits per heavy atom. The van der Waals surface area contributed by atoms with E-state index < -0.39 is 0 Å². The summed E-state index contributed by atoms with van der Waals surface area (Å²) >= 11 is 0. The van der Waals surface area contributed by atoms with Crippen LogP contribution in [0.2, 0.25) is 0 Å². The summed E-state index contributed by atoms with van der Waals surface area (Å²) in [7, 11) is 0. The predicted molar refractivity (Wildman–Crippen MR) is 103 cm³/mol. The molecule has 1 heteroatoms. The van der Waals surface area contributed by atoms with E-state index >= 15 is 0 Å². The molecule has 3 atom stereocenters. The van der Waals surface area contributed by atoms with E-state index in [1.165, 1.54) is 90.0 Å². The molecule has 1 N–H and O–H groups in total. The zero-order chi connectivity index (χ0) is 16.8. The Labute approximate surface area is 146 Å². The Kier molecular flexibility index (Phi) is 7.45. The van der Waals surface area contributed by atoms with Crippen molar-refractivity contribution in [1.82, 2.24) is 5.32 Å². The maximum absolute atomic E-state index is 3.94. The molecule has 0 aromatic heterocycles. The molecule has 0 radical (unpaired) electrons. The molecule has 2 fully saturated rings. The van der Waals surface area contributed by atoms with Crippen molar-refractivity contribution in [3.8, 4) is 0 Å². The molecule has 136 valence electrons. The van der Waals surface area contributed by atoms with Gasteiger partial charge in [0.15, 0.2) is 0 Å². The Balaban J connectivity index is 1.78. The normalized spacial score (nSPS) is 33.4. The summed E-state index contributed by atoms with van der Waals surface area (Å²) in [6.07, 6.45) is 18.7. The Bertz CT molecular complexity index is 335. The number of fused-ring (bicyclic) bond motifs is 1. The zero-order valence-corrected chi connectivity index (χ0v) is 16.6. The van der Waals surface area contributed by atoms with Gasteiger partial charge in [0.05, 0.1) is 0 Å². The van der Waals surface area contributed by atoms with Crippen LogP contribution in [0.5, 0.6) is 0 Å². The Morgan fingerprint density at radius 3 is 2.22 bits per heavy atom. The first-order valence-electron chi connectivity index (χ1n) is 10.7. The summed E-state index contributed by atoms with van der Waals surface area (Å²) in [6.45, 7) is 11.3. The van der Waals surface area contributed by atoms with Crippen molar-refractivity contribution in [2.24, 2.45) is 16.7 Å². The standard InChI is InChI=1S/C22H43N/c1-5-6-7-8-9-10-11-12-16-22(4)20-19(14-13-18-23-20)15-17-21(22,2)3/h19-20,23H,5-18H2,1-4H3. The molecule has 0 amide bonds. The third kappa shape index (κ3) is 4.74. The summed E-state index contributed by atoms with van der Waals surface area (Å²) in [6, 6.07) is 0.782. The van der Waals surface area contributed by atoms with Crippen molar-refractivity contribution in [3.63, 3.8) is 0 Å². The number of piperidine rings is 1. The average molecular weight is 322 g/mol. The first kappa shape index (κ1) is 19.3. The molecular weight excluding hydrogens is 278 g/mol. The minimum atomic E-state index is 0.499. The second-order valence-electron chi connectivity index (χ2n) is 9.40. The first-order valence-corrected chi connectivity index (χ1v) is 10.7. The molecule has 1 aliphatic heterocycles. The van der Waals surface area contributed by atoms with Crippen LogP contribution in [0.3, 0.4) is 0 Å². The lowest BCUT2D eigenvalue weighted by molar-refractivity contribution is -0.0531. The van der Waals surface area contributed by atoms with Crippen molar-refractivity contribution >= 4 is 0 Å². The molecule has 1 saturated heterocycles. The lowest BCUT2D eigenvalue weighted by Gasteiger charge is -2.58. The topological polar surface area (TPSA) is 12.0 Å². The van der Waals surface area contributed by atoms with Gasteiger partial charge in [0.2, 0.25) is 0 Å². The largest absolute Gasteiger partial charge is 0.313 e. The number of unbranched alkanes of at least 4 members (excludes halogenated alkanes) is 7. The van der Waals surface area contributed by atoms with Crippen LogP contribution in [0.25, 0.3) is 0 Å². The van der Waals surface area contributed by atoms with Gasteiger partial charge in [-0.1, -0.05) is 79.1 Å². The van der Waals surface area contributed by atoms with Gasteiger partial charge >= 0.3 is 0 Å². The van der Waals surface area contributed by atoms with Crippen molar-refractivity contribution in [3.05, 3.63) is 0 Å². The van der Waals surface area contributed by atoms with Gasteiger partial charge in [0, 0.05) is 6.04 Å². The van der Waals surface area contributed by atoms with Gasteiger partial charge in [-0.25, -0.2) is 0 Å². The quantitative estimate of drug-likeness (QED) is 0.465. The highest BCUT2D eigenvalue weighted by Crippen LogP contribution is 2.56. The zero-order valence-electron chi connectivity index (χ0n) is 16.6. The van der Waals surface area contributed by atoms with Gasteiger partial charge in [-0.15, -0.1) is 0 Å². The van der Waals surface area contributed by atoms with Crippen LogP contribution in [0.4, 0.5) is 0 Å². The Morgan fingerprint density at radius 2 is 1.52 bits per heavy atom. The molecule has 1 saturated carbocycles. The molecule has 0 aromatic rings. The highest BCUT2D eigenvalue weighted by atomic mass is 15.0. The van der Waals surface area contributed by atoms with Gasteiger partial charge in [-0.05, 0) is 55.4 Å². The maximum atomic E-state index is 3.94. The smallest absolute Gasteiger partial charge is 0.0154 e. The van der Waals surface area contributed by atoms with Gasteiger partial charge in [-0.3, -0.25) is 0 Å². The second kappa shape index (κ2) is 8.88. The molecule has 0 spiro atoms. The van der Waals surface area contributed by atoms with Crippen LogP contribution in [0, 0.1) is 16.7 Å². The molecule has 3 unspecified atom stereocenters. The number of nitrogens with one attached hydrogen (secondary N) is 1. The van der Waals surface area contributed by atoms with Gasteiger partial charge in [-0.2, -0.15) is 0 Å². The molecule has 23 heavy (non-hydrogen) atoms. The summed E-state index contributed by atoms with van der Waals surface area (Å²) in [5, 5.41) is 3.94. The van der Waals surface area contributed by atoms with Gasteiger partial charge in [0.25, 0.3) is 0 Å². The van der Waals surface area contributed by atoms with Crippen LogP contribution in [0.1, 0.15) is 111 Å². The van der Waals surface area contributed by atoms with Gasteiger partial charge < -0.3 is 5.32 Å². The monoisotopic (exact) mass is 321 g/mol. The summed E-state index contributed by atoms with van der Waals surface area (Å²) in [5.41, 5.74) is 0.998. The van der Waals surface area contributed by atoms with Crippen LogP contribution >= 0.6 is 0 Å². The fourth-order valence-corrected chi connectivity index (χ4v) is 5.38. The fourth-order valence-electron chi connectivity index (χ4n) is 5.38. The van der Waals surface area contributed by atoms with E-state index in [0.717, 1.165) is 12.0 Å². The summed E-state index contributed by atoms with van der Waals surface area (Å²) in [5.74, 6) is 0.954. The lowest BCUT2D eigenvalue weighted by Crippen LogP contribution is -2.60. The molecule has 1 aliphatic carbocycles. The highest BCUT2D eigenvalue weighted by Gasteiger charge is 2.52. The minimum absolute atomic E-state index is 0.499. The van der Waals surface area contributed by atoms with E-state index in [-0.39, 0.29) is 0 Å². The Hall–Kier alpha value is -0.0400. The van der Waals surface area contributed by atoms with Gasteiger partial charge in [0.1, 0.15) is 0 Å². The van der Waals surface area contributed by atoms with Crippen LogP contribution in [0.15, 0.2) is 0 Å². The molecular formula is C22H43N. The van der Waals surface area contributed by atoms with E-state index in [2.05, 4.69) is 33.0 Å². The van der Waals surface area contributed by atoms with Crippen molar-refractivity contribution < 1.29 is 0 Å². The minimum Gasteiger partial charge on any atom is -0.313 e. The molecule has 1 nitrogen and oxygen atoms in total. The lowest BCUT2D eigenvalue weighted by atomic mass is 9.51. The fraction of sp³-hybridized carbons (Fsp3) is 1.00. The SMILES string of the molecule is CCCCCCCCCCC1(C)C2NCCCC2CCC1(C)C. The van der Waals surface area contributed by atoms with E-state index in [1.54, 1.807) is 0 Å². The second-order valence-corrected chi connectivity index (χ2v) is 9.40. The molecule has 0 bridgehead atoms. The molecule has 2 aliphatic rings. The van der Waals surface area contributed by atoms with E-state index in [0.29, 0.717) is 10.8 Å². The third-order valence-electron chi connectivity index (χ3n) is 7.51. The highest BCUT2D eigenvalue weighted by molar-refractivity contribution is 5.05. The molecule has 2 rings (SSSR count). The van der Waals surface area contributed by atoms with Crippen LogP contribution in [-0.4, -0.2) is 12.6 Å². The summed E-state index contributed by atoms with van der Waals surface area (Å²) in [4.78, 5) is 0. The van der Waals surface area contributed by atoms with Crippen molar-refractivity contribution in [2.75, 3.05) is 6.54 Å². The van der Waals surface area contributed by atoms with E-state index in [1.807, 2.05) is 0 Å². The van der Waals surface area contributed by atoms with Crippen LogP contribution < -0.4 is 5.32 Å². The maximum Gasteiger partial charge on any atom is 0.0154 e. The first-order chi connectivity index (χ1) is 11.0. The third-order valence-corrected chi connectivity index (χ3v) is 7.51. The van der Waals surface area contributed by atoms with Crippen molar-refractivity contribution in [1.29, 1.82) is 0 Å². The van der Waals surface area contributed by atoms with E-state index in [9.17, 15) is 0 Å². The number of hydrogen-bond donors (Lipinski definition) is 1. The van der Waals surface area contributed by atoms with Crippen molar-refractivity contribution in [2.45, 2.75) is 117 Å².